The molecule has 1 unspecified atom stereocenters. The summed E-state index contributed by atoms with van der Waals surface area (Å²) in [5, 5.41) is 0. The predicted molar refractivity (Wildman–Crippen MR) is 344 cm³/mol. The Balaban J connectivity index is 4.41. The molecule has 1 atom stereocenters. The van der Waals surface area contributed by atoms with E-state index in [-0.39, 0.29) is 37.5 Å². The fraction of sp³-hybridized carbons (Fsp3) is 0.740. The molecule has 0 aliphatic carbocycles. The zero-order valence-corrected chi connectivity index (χ0v) is 52.1. The highest BCUT2D eigenvalue weighted by molar-refractivity contribution is 5.71. The van der Waals surface area contributed by atoms with E-state index >= 15 is 0 Å². The molecule has 0 saturated carbocycles. The first-order chi connectivity index (χ1) is 39.0. The quantitative estimate of drug-likeness (QED) is 0.0261. The number of rotatable bonds is 61. The van der Waals surface area contributed by atoms with Gasteiger partial charge in [-0.3, -0.25) is 14.4 Å². The van der Waals surface area contributed by atoms with Crippen LogP contribution in [0.4, 0.5) is 0 Å². The average Bonchev–Trinajstić information content (AvgIpc) is 3.45. The van der Waals surface area contributed by atoms with Gasteiger partial charge < -0.3 is 14.2 Å². The fourth-order valence-corrected chi connectivity index (χ4v) is 9.56. The molecule has 0 saturated heterocycles. The third-order valence-corrected chi connectivity index (χ3v) is 14.6. The van der Waals surface area contributed by atoms with E-state index in [1.165, 1.54) is 199 Å². The molecule has 0 rings (SSSR count). The summed E-state index contributed by atoms with van der Waals surface area (Å²) in [6, 6.07) is 0. The van der Waals surface area contributed by atoms with E-state index in [1.54, 1.807) is 0 Å². The molecule has 0 spiro atoms. The molecule has 6 nitrogen and oxygen atoms in total. The van der Waals surface area contributed by atoms with Gasteiger partial charge in [-0.05, 0) is 89.9 Å². The molecule has 0 heterocycles. The minimum absolute atomic E-state index is 0.105. The molecule has 0 radical (unpaired) electrons. The van der Waals surface area contributed by atoms with Crippen LogP contribution in [0.2, 0.25) is 0 Å². The second-order valence-electron chi connectivity index (χ2n) is 22.4. The molecular formula is C73H126O6. The number of carbonyl (C=O) groups is 3. The average molecular weight is 1100 g/mol. The Hall–Kier alpha value is -3.67. The molecular weight excluding hydrogens is 973 g/mol. The van der Waals surface area contributed by atoms with Gasteiger partial charge in [0.1, 0.15) is 13.2 Å². The summed E-state index contributed by atoms with van der Waals surface area (Å²) in [4.78, 5) is 38.4. The third-order valence-electron chi connectivity index (χ3n) is 14.6. The lowest BCUT2D eigenvalue weighted by molar-refractivity contribution is -0.166. The van der Waals surface area contributed by atoms with Crippen LogP contribution in [0.3, 0.4) is 0 Å². The van der Waals surface area contributed by atoms with Crippen molar-refractivity contribution in [3.8, 4) is 0 Å². The maximum Gasteiger partial charge on any atom is 0.306 e. The van der Waals surface area contributed by atoms with Gasteiger partial charge in [-0.1, -0.05) is 317 Å². The Morgan fingerprint density at radius 3 is 0.823 bits per heavy atom. The van der Waals surface area contributed by atoms with Gasteiger partial charge in [-0.25, -0.2) is 0 Å². The van der Waals surface area contributed by atoms with Gasteiger partial charge in [0, 0.05) is 19.3 Å². The van der Waals surface area contributed by atoms with Crippen molar-refractivity contribution in [1.82, 2.24) is 0 Å². The topological polar surface area (TPSA) is 78.9 Å². The van der Waals surface area contributed by atoms with Crippen molar-refractivity contribution in [3.05, 3.63) is 97.2 Å². The molecule has 79 heavy (non-hydrogen) atoms. The van der Waals surface area contributed by atoms with Crippen molar-refractivity contribution < 1.29 is 28.6 Å². The molecule has 0 amide bonds. The number of ether oxygens (including phenoxy) is 3. The first kappa shape index (κ1) is 75.3. The van der Waals surface area contributed by atoms with Gasteiger partial charge in [0.05, 0.1) is 0 Å². The van der Waals surface area contributed by atoms with Crippen LogP contribution in [0.25, 0.3) is 0 Å². The van der Waals surface area contributed by atoms with E-state index < -0.39 is 6.10 Å². The van der Waals surface area contributed by atoms with E-state index in [0.29, 0.717) is 19.3 Å². The van der Waals surface area contributed by atoms with Crippen molar-refractivity contribution in [2.24, 2.45) is 0 Å². The summed E-state index contributed by atoms with van der Waals surface area (Å²) in [5.41, 5.74) is 0. The van der Waals surface area contributed by atoms with Crippen LogP contribution < -0.4 is 0 Å². The second-order valence-corrected chi connectivity index (χ2v) is 22.4. The van der Waals surface area contributed by atoms with Crippen LogP contribution in [0, 0.1) is 0 Å². The van der Waals surface area contributed by atoms with E-state index in [0.717, 1.165) is 83.5 Å². The second kappa shape index (κ2) is 66.8. The summed E-state index contributed by atoms with van der Waals surface area (Å²) in [7, 11) is 0. The summed E-state index contributed by atoms with van der Waals surface area (Å²) in [6.45, 7) is 6.50. The molecule has 0 bridgehead atoms. The van der Waals surface area contributed by atoms with Crippen molar-refractivity contribution >= 4 is 17.9 Å². The van der Waals surface area contributed by atoms with Crippen LogP contribution in [-0.4, -0.2) is 37.2 Å². The summed E-state index contributed by atoms with van der Waals surface area (Å²) >= 11 is 0. The van der Waals surface area contributed by atoms with Gasteiger partial charge >= 0.3 is 17.9 Å². The Labute approximate surface area is 489 Å². The smallest absolute Gasteiger partial charge is 0.306 e. The molecule has 0 aromatic heterocycles. The lowest BCUT2D eigenvalue weighted by Crippen LogP contribution is -2.30. The van der Waals surface area contributed by atoms with Crippen LogP contribution in [-0.2, 0) is 28.6 Å². The molecule has 0 N–H and O–H groups in total. The zero-order valence-electron chi connectivity index (χ0n) is 52.1. The highest BCUT2D eigenvalue weighted by Gasteiger charge is 2.19. The molecule has 0 aromatic carbocycles. The van der Waals surface area contributed by atoms with Crippen LogP contribution in [0.5, 0.6) is 0 Å². The van der Waals surface area contributed by atoms with Gasteiger partial charge in [0.15, 0.2) is 6.10 Å². The summed E-state index contributed by atoms with van der Waals surface area (Å²) < 4.78 is 16.9. The predicted octanol–water partition coefficient (Wildman–Crippen LogP) is 23.2. The monoisotopic (exact) mass is 1100 g/mol. The molecule has 0 aliphatic rings. The number of unbranched alkanes of at least 4 members (excludes halogenated alkanes) is 34. The number of esters is 3. The Morgan fingerprint density at radius 2 is 0.519 bits per heavy atom. The standard InChI is InChI=1S/C73H126O6/c1-4-7-10-13-16-19-22-25-28-31-33-34-35-36-37-38-40-42-45-48-51-54-57-60-63-66-72(75)78-69-70(68-77-71(74)65-62-59-56-53-50-47-44-41-30-27-24-21-18-15-12-9-6-3)79-73(76)67-64-61-58-55-52-49-46-43-39-32-29-26-23-20-17-14-11-8-5-2/h8,11,17,20,22,25-26,29,31,33,39,43,49,52,58,61,70H,4-7,9-10,12-16,18-19,21,23-24,27-28,30,32,34-38,40-42,44-48,50-51,53-57,59-60,62-69H2,1-3H3/b11-8-,20-17-,25-22-,29-26-,33-31-,43-39-,52-49-,61-58-. The van der Waals surface area contributed by atoms with Crippen molar-refractivity contribution in [1.29, 1.82) is 0 Å². The maximum atomic E-state index is 12.9. The first-order valence-corrected chi connectivity index (χ1v) is 33.7. The highest BCUT2D eigenvalue weighted by atomic mass is 16.6. The molecule has 0 fully saturated rings. The minimum atomic E-state index is -0.819. The highest BCUT2D eigenvalue weighted by Crippen LogP contribution is 2.17. The van der Waals surface area contributed by atoms with Gasteiger partial charge in [-0.2, -0.15) is 0 Å². The first-order valence-electron chi connectivity index (χ1n) is 33.7. The van der Waals surface area contributed by atoms with Gasteiger partial charge in [0.25, 0.3) is 0 Å². The van der Waals surface area contributed by atoms with E-state index in [9.17, 15) is 14.4 Å². The van der Waals surface area contributed by atoms with Crippen LogP contribution in [0.15, 0.2) is 97.2 Å². The Morgan fingerprint density at radius 1 is 0.266 bits per heavy atom. The van der Waals surface area contributed by atoms with Crippen LogP contribution >= 0.6 is 0 Å². The number of hydrogen-bond acceptors (Lipinski definition) is 6. The molecule has 0 aromatic rings. The van der Waals surface area contributed by atoms with Gasteiger partial charge in [0.2, 0.25) is 0 Å². The van der Waals surface area contributed by atoms with E-state index in [4.69, 9.17) is 14.2 Å². The van der Waals surface area contributed by atoms with Crippen molar-refractivity contribution in [3.63, 3.8) is 0 Å². The fourth-order valence-electron chi connectivity index (χ4n) is 9.56. The van der Waals surface area contributed by atoms with Crippen LogP contribution in [0.1, 0.15) is 329 Å². The Kier molecular flexibility index (Phi) is 63.7. The number of carbonyl (C=O) groups excluding carboxylic acids is 3. The lowest BCUT2D eigenvalue weighted by Gasteiger charge is -2.18. The van der Waals surface area contributed by atoms with Gasteiger partial charge in [-0.15, -0.1) is 0 Å². The van der Waals surface area contributed by atoms with E-state index in [2.05, 4.69) is 112 Å². The summed E-state index contributed by atoms with van der Waals surface area (Å²) in [6.07, 6.45) is 90.1. The number of allylic oxidation sites excluding steroid dienone is 16. The molecule has 6 heteroatoms. The molecule has 0 aliphatic heterocycles. The number of hydrogen-bond donors (Lipinski definition) is 0. The summed E-state index contributed by atoms with van der Waals surface area (Å²) in [5.74, 6) is -0.976. The molecule has 454 valence electrons. The largest absolute Gasteiger partial charge is 0.462 e. The SMILES string of the molecule is CC/C=C\C/C=C\C/C=C\C/C=C\C/C=C\C/C=C\CCC(=O)OC(COC(=O)CCCCCCCCCCCCCCC/C=C\C/C=C\CCCCCCC)COC(=O)CCCCCCCCCCCCCCCCCCC. The van der Waals surface area contributed by atoms with E-state index in [1.807, 2.05) is 6.08 Å². The normalized spacial score (nSPS) is 12.7. The van der Waals surface area contributed by atoms with Crippen molar-refractivity contribution in [2.45, 2.75) is 335 Å². The van der Waals surface area contributed by atoms with Crippen molar-refractivity contribution in [2.75, 3.05) is 13.2 Å². The Bertz CT molecular complexity index is 1540. The zero-order chi connectivity index (χ0) is 57.1. The third kappa shape index (κ3) is 65.0. The lowest BCUT2D eigenvalue weighted by atomic mass is 10.0. The minimum Gasteiger partial charge on any atom is -0.462 e. The maximum absolute atomic E-state index is 12.9.